The van der Waals surface area contributed by atoms with Crippen molar-refractivity contribution in [3.05, 3.63) is 39.7 Å². The Morgan fingerprint density at radius 3 is 2.72 bits per heavy atom. The zero-order valence-electron chi connectivity index (χ0n) is 20.6. The predicted octanol–water partition coefficient (Wildman–Crippen LogP) is 2.77. The standard InChI is InChI=1S/C22H25F6N7O3S/c1-12(31-14-6-30-33-20(37)18(14)22(26,27)28)9-38-5-2-17(36)34-3-4-35-13(8-34)10-39-11-15-19(35)29-7-16(32-15)21(23,24)25/h6-7,12-13H,2-5,8-11H2,1H3,(H2,31,33,37)/t12-,13+/m0/s1. The minimum absolute atomic E-state index is 0.0266. The van der Waals surface area contributed by atoms with Crippen LogP contribution in [0.1, 0.15) is 30.3 Å². The second kappa shape index (κ2) is 11.6. The first-order valence-corrected chi connectivity index (χ1v) is 13.0. The van der Waals surface area contributed by atoms with E-state index in [1.807, 2.05) is 4.90 Å². The highest BCUT2D eigenvalue weighted by atomic mass is 32.2. The molecular formula is C22H25F6N7O3S. The summed E-state index contributed by atoms with van der Waals surface area (Å²) in [6.45, 7) is 2.65. The quantitative estimate of drug-likeness (QED) is 0.376. The minimum atomic E-state index is -4.87. The molecule has 0 saturated carbocycles. The van der Waals surface area contributed by atoms with Gasteiger partial charge in [0.25, 0.3) is 5.56 Å². The number of hydrogen-bond acceptors (Lipinski definition) is 9. The Hall–Kier alpha value is -3.08. The van der Waals surface area contributed by atoms with Crippen molar-refractivity contribution < 1.29 is 35.9 Å². The molecule has 0 aliphatic carbocycles. The number of rotatable bonds is 7. The molecule has 2 aromatic heterocycles. The topological polar surface area (TPSA) is 116 Å². The zero-order valence-corrected chi connectivity index (χ0v) is 21.4. The molecule has 1 fully saturated rings. The molecule has 0 unspecified atom stereocenters. The number of ether oxygens (including phenoxy) is 1. The third kappa shape index (κ3) is 6.93. The molecule has 1 amide bonds. The Morgan fingerprint density at radius 2 is 2.00 bits per heavy atom. The predicted molar refractivity (Wildman–Crippen MR) is 129 cm³/mol. The van der Waals surface area contributed by atoms with Gasteiger partial charge in [-0.15, -0.1) is 0 Å². The van der Waals surface area contributed by atoms with Crippen LogP contribution in [-0.4, -0.2) is 81.7 Å². The highest BCUT2D eigenvalue weighted by Gasteiger charge is 2.38. The summed E-state index contributed by atoms with van der Waals surface area (Å²) in [5.74, 6) is 1.09. The van der Waals surface area contributed by atoms with Gasteiger partial charge in [0.1, 0.15) is 5.56 Å². The molecule has 4 heterocycles. The Balaban J connectivity index is 1.26. The third-order valence-electron chi connectivity index (χ3n) is 6.14. The number of nitrogens with zero attached hydrogens (tertiary/aromatic N) is 5. The second-order valence-electron chi connectivity index (χ2n) is 9.08. The molecule has 17 heteroatoms. The van der Waals surface area contributed by atoms with Gasteiger partial charge in [0.2, 0.25) is 5.91 Å². The third-order valence-corrected chi connectivity index (χ3v) is 7.24. The largest absolute Gasteiger partial charge is 0.434 e. The molecule has 0 bridgehead atoms. The first kappa shape index (κ1) is 28.9. The van der Waals surface area contributed by atoms with Crippen LogP contribution in [0.5, 0.6) is 0 Å². The maximum Gasteiger partial charge on any atom is 0.434 e. The molecule has 0 spiro atoms. The number of anilines is 2. The van der Waals surface area contributed by atoms with Crippen molar-refractivity contribution in [2.45, 2.75) is 43.5 Å². The first-order valence-electron chi connectivity index (χ1n) is 11.9. The summed E-state index contributed by atoms with van der Waals surface area (Å²) in [5.41, 5.74) is -3.98. The van der Waals surface area contributed by atoms with Crippen molar-refractivity contribution in [1.29, 1.82) is 0 Å². The summed E-state index contributed by atoms with van der Waals surface area (Å²) in [7, 11) is 0. The number of piperazine rings is 1. The van der Waals surface area contributed by atoms with Crippen molar-refractivity contribution in [2.75, 3.05) is 48.8 Å². The van der Waals surface area contributed by atoms with Gasteiger partial charge in [-0.3, -0.25) is 9.59 Å². The van der Waals surface area contributed by atoms with E-state index in [-0.39, 0.29) is 43.0 Å². The van der Waals surface area contributed by atoms with Crippen LogP contribution in [-0.2, 0) is 27.6 Å². The number of aromatic nitrogens is 4. The van der Waals surface area contributed by atoms with Crippen molar-refractivity contribution in [2.24, 2.45) is 0 Å². The van der Waals surface area contributed by atoms with Gasteiger partial charge in [-0.2, -0.15) is 43.2 Å². The van der Waals surface area contributed by atoms with Crippen LogP contribution in [0.2, 0.25) is 0 Å². The number of fused-ring (bicyclic) bond motifs is 3. The molecule has 2 aromatic rings. The van der Waals surface area contributed by atoms with Crippen molar-refractivity contribution >= 4 is 29.2 Å². The smallest absolute Gasteiger partial charge is 0.379 e. The molecular weight excluding hydrogens is 556 g/mol. The summed E-state index contributed by atoms with van der Waals surface area (Å²) in [5, 5.41) is 7.72. The van der Waals surface area contributed by atoms with Gasteiger partial charge in [-0.25, -0.2) is 15.1 Å². The Labute approximate surface area is 222 Å². The zero-order chi connectivity index (χ0) is 28.4. The van der Waals surface area contributed by atoms with Gasteiger partial charge in [0.05, 0.1) is 49.5 Å². The molecule has 1 saturated heterocycles. The average Bonchev–Trinajstić information content (AvgIpc) is 3.03. The highest BCUT2D eigenvalue weighted by Crippen LogP contribution is 2.34. The summed E-state index contributed by atoms with van der Waals surface area (Å²) in [6, 6.07) is -0.758. The van der Waals surface area contributed by atoms with Crippen LogP contribution in [0, 0.1) is 0 Å². The van der Waals surface area contributed by atoms with E-state index >= 15 is 0 Å². The van der Waals surface area contributed by atoms with E-state index in [1.54, 1.807) is 16.9 Å². The average molecular weight is 582 g/mol. The van der Waals surface area contributed by atoms with Gasteiger partial charge >= 0.3 is 12.4 Å². The van der Waals surface area contributed by atoms with Crippen LogP contribution in [0.3, 0.4) is 0 Å². The van der Waals surface area contributed by atoms with Crippen LogP contribution in [0.15, 0.2) is 17.2 Å². The minimum Gasteiger partial charge on any atom is -0.379 e. The van der Waals surface area contributed by atoms with E-state index < -0.39 is 40.9 Å². The summed E-state index contributed by atoms with van der Waals surface area (Å²) in [6.07, 6.45) is -7.81. The van der Waals surface area contributed by atoms with Crippen LogP contribution in [0.4, 0.5) is 37.8 Å². The number of H-pyrrole nitrogens is 1. The van der Waals surface area contributed by atoms with E-state index in [0.29, 0.717) is 31.2 Å². The van der Waals surface area contributed by atoms with Gasteiger partial charge in [0.15, 0.2) is 11.5 Å². The maximum atomic E-state index is 13.2. The summed E-state index contributed by atoms with van der Waals surface area (Å²) < 4.78 is 84.1. The lowest BCUT2D eigenvalue weighted by molar-refractivity contribution is -0.141. The number of nitrogens with one attached hydrogen (secondary N) is 2. The van der Waals surface area contributed by atoms with Crippen LogP contribution < -0.4 is 15.8 Å². The fourth-order valence-electron chi connectivity index (χ4n) is 4.36. The van der Waals surface area contributed by atoms with Gasteiger partial charge in [0, 0.05) is 37.2 Å². The van der Waals surface area contributed by atoms with Gasteiger partial charge in [-0.05, 0) is 6.92 Å². The lowest BCUT2D eigenvalue weighted by Crippen LogP contribution is -2.56. The number of alkyl halides is 6. The van der Waals surface area contributed by atoms with E-state index in [2.05, 4.69) is 20.4 Å². The maximum absolute atomic E-state index is 13.2. The monoisotopic (exact) mass is 581 g/mol. The molecule has 2 N–H and O–H groups in total. The molecule has 39 heavy (non-hydrogen) atoms. The summed E-state index contributed by atoms with van der Waals surface area (Å²) >= 11 is 1.43. The number of thioether (sulfide) groups is 1. The Morgan fingerprint density at radius 1 is 1.23 bits per heavy atom. The van der Waals surface area contributed by atoms with E-state index in [0.717, 1.165) is 12.4 Å². The number of aromatic amines is 1. The van der Waals surface area contributed by atoms with E-state index in [1.165, 1.54) is 11.8 Å². The number of carbonyl (C=O) groups excluding carboxylic acids is 1. The molecule has 0 radical (unpaired) electrons. The van der Waals surface area contributed by atoms with Crippen LogP contribution in [0.25, 0.3) is 0 Å². The number of hydrogen-bond donors (Lipinski definition) is 2. The number of halogens is 6. The lowest BCUT2D eigenvalue weighted by atomic mass is 10.1. The number of carbonyl (C=O) groups is 1. The van der Waals surface area contributed by atoms with Gasteiger partial charge < -0.3 is 19.9 Å². The Kier molecular flexibility index (Phi) is 8.58. The molecule has 0 aromatic carbocycles. The molecule has 4 rings (SSSR count). The fourth-order valence-corrected chi connectivity index (χ4v) is 5.43. The molecule has 10 nitrogen and oxygen atoms in total. The Bertz CT molecular complexity index is 1240. The van der Waals surface area contributed by atoms with Crippen molar-refractivity contribution in [3.8, 4) is 0 Å². The van der Waals surface area contributed by atoms with E-state index in [4.69, 9.17) is 4.74 Å². The van der Waals surface area contributed by atoms with Crippen LogP contribution >= 0.6 is 11.8 Å². The second-order valence-corrected chi connectivity index (χ2v) is 10.1. The highest BCUT2D eigenvalue weighted by molar-refractivity contribution is 7.98. The fraction of sp³-hybridized carbons (Fsp3) is 0.591. The molecule has 214 valence electrons. The normalized spacial score (nSPS) is 18.7. The van der Waals surface area contributed by atoms with Crippen molar-refractivity contribution in [1.82, 2.24) is 25.1 Å². The first-order chi connectivity index (χ1) is 18.3. The lowest BCUT2D eigenvalue weighted by Gasteiger charge is -2.41. The molecule has 2 aliphatic heterocycles. The molecule has 2 atom stereocenters. The van der Waals surface area contributed by atoms with Gasteiger partial charge in [-0.1, -0.05) is 0 Å². The molecule has 2 aliphatic rings. The SMILES string of the molecule is C[C@@H](COCCC(=O)N1CCN2c3ncc(C(F)(F)F)nc3CSC[C@H]2C1)Nc1cn[nH]c(=O)c1C(F)(F)F. The van der Waals surface area contributed by atoms with E-state index in [9.17, 15) is 35.9 Å². The van der Waals surface area contributed by atoms with Crippen molar-refractivity contribution in [3.63, 3.8) is 0 Å². The summed E-state index contributed by atoms with van der Waals surface area (Å²) in [4.78, 5) is 35.7. The number of amides is 1.